The van der Waals surface area contributed by atoms with E-state index in [1.165, 1.54) is 5.56 Å². The first-order chi connectivity index (χ1) is 11.1. The standard InChI is InChI=1S/C16H22N4O2S/c21-23(22,20-10-4-5-11-20)13-12-19-14-16(17-18-19)9-8-15-6-2-1-3-7-15/h1-3,6-7,14H,4-5,8-13H2. The molecule has 1 fully saturated rings. The lowest BCUT2D eigenvalue weighted by Crippen LogP contribution is -2.31. The Morgan fingerprint density at radius 3 is 2.52 bits per heavy atom. The second-order valence-electron chi connectivity index (χ2n) is 5.88. The SMILES string of the molecule is O=S(=O)(CCn1cc(CCc2ccccc2)nn1)N1CCCC1. The van der Waals surface area contributed by atoms with Gasteiger partial charge >= 0.3 is 0 Å². The molecule has 0 saturated carbocycles. The van der Waals surface area contributed by atoms with Crippen molar-refractivity contribution in [2.45, 2.75) is 32.2 Å². The van der Waals surface area contributed by atoms with Gasteiger partial charge in [-0.1, -0.05) is 35.5 Å². The zero-order valence-corrected chi connectivity index (χ0v) is 14.0. The molecule has 3 rings (SSSR count). The van der Waals surface area contributed by atoms with Gasteiger partial charge in [-0.15, -0.1) is 5.10 Å². The third kappa shape index (κ3) is 4.39. The lowest BCUT2D eigenvalue weighted by molar-refractivity contribution is 0.471. The zero-order valence-electron chi connectivity index (χ0n) is 13.1. The second-order valence-corrected chi connectivity index (χ2v) is 7.97. The largest absolute Gasteiger partial charge is 0.251 e. The predicted octanol–water partition coefficient (Wildman–Crippen LogP) is 1.49. The summed E-state index contributed by atoms with van der Waals surface area (Å²) < 4.78 is 27.6. The molecule has 2 aromatic rings. The number of aryl methyl sites for hydroxylation is 3. The van der Waals surface area contributed by atoms with Crippen LogP contribution < -0.4 is 0 Å². The highest BCUT2D eigenvalue weighted by atomic mass is 32.2. The lowest BCUT2D eigenvalue weighted by Gasteiger charge is -2.14. The van der Waals surface area contributed by atoms with E-state index in [4.69, 9.17) is 0 Å². The molecule has 0 amide bonds. The van der Waals surface area contributed by atoms with Crippen molar-refractivity contribution in [3.63, 3.8) is 0 Å². The average molecular weight is 334 g/mol. The summed E-state index contributed by atoms with van der Waals surface area (Å²) >= 11 is 0. The third-order valence-electron chi connectivity index (χ3n) is 4.14. The topological polar surface area (TPSA) is 68.1 Å². The molecule has 0 bridgehead atoms. The molecule has 0 unspecified atom stereocenters. The normalized spacial score (nSPS) is 16.0. The quantitative estimate of drug-likeness (QED) is 0.769. The zero-order chi connectivity index (χ0) is 16.1. The van der Waals surface area contributed by atoms with Crippen LogP contribution in [0.3, 0.4) is 0 Å². The third-order valence-corrected chi connectivity index (χ3v) is 5.99. The van der Waals surface area contributed by atoms with Crippen LogP contribution in [0.1, 0.15) is 24.1 Å². The van der Waals surface area contributed by atoms with Crippen LogP contribution >= 0.6 is 0 Å². The van der Waals surface area contributed by atoms with Crippen molar-refractivity contribution in [3.05, 3.63) is 47.8 Å². The van der Waals surface area contributed by atoms with Gasteiger partial charge in [0.25, 0.3) is 0 Å². The molecule has 0 N–H and O–H groups in total. The van der Waals surface area contributed by atoms with Gasteiger partial charge in [0.05, 0.1) is 18.0 Å². The van der Waals surface area contributed by atoms with Crippen LogP contribution in [0.2, 0.25) is 0 Å². The molecule has 23 heavy (non-hydrogen) atoms. The highest BCUT2D eigenvalue weighted by Crippen LogP contribution is 2.13. The van der Waals surface area contributed by atoms with Gasteiger partial charge in [0.2, 0.25) is 10.0 Å². The number of sulfonamides is 1. The number of aromatic nitrogens is 3. The van der Waals surface area contributed by atoms with E-state index in [9.17, 15) is 8.42 Å². The summed E-state index contributed by atoms with van der Waals surface area (Å²) in [6, 6.07) is 10.2. The Balaban J connectivity index is 1.51. The van der Waals surface area contributed by atoms with Crippen molar-refractivity contribution < 1.29 is 8.42 Å². The number of rotatable bonds is 7. The van der Waals surface area contributed by atoms with Crippen molar-refractivity contribution >= 4 is 10.0 Å². The predicted molar refractivity (Wildman–Crippen MR) is 88.5 cm³/mol. The molecular formula is C16H22N4O2S. The Labute approximate surface area is 137 Å². The first kappa shape index (κ1) is 16.1. The Hall–Kier alpha value is -1.73. The van der Waals surface area contributed by atoms with Gasteiger partial charge in [-0.3, -0.25) is 4.68 Å². The number of benzene rings is 1. The second kappa shape index (κ2) is 7.23. The highest BCUT2D eigenvalue weighted by molar-refractivity contribution is 7.89. The molecule has 0 radical (unpaired) electrons. The molecule has 7 heteroatoms. The number of nitrogens with zero attached hydrogens (tertiary/aromatic N) is 4. The molecule has 1 aromatic heterocycles. The van der Waals surface area contributed by atoms with Crippen molar-refractivity contribution in [2.75, 3.05) is 18.8 Å². The van der Waals surface area contributed by atoms with Crippen molar-refractivity contribution in [2.24, 2.45) is 0 Å². The average Bonchev–Trinajstić information content (AvgIpc) is 3.24. The van der Waals surface area contributed by atoms with Gasteiger partial charge in [0.1, 0.15) is 0 Å². The summed E-state index contributed by atoms with van der Waals surface area (Å²) in [5.41, 5.74) is 2.16. The fourth-order valence-corrected chi connectivity index (χ4v) is 4.27. The smallest absolute Gasteiger partial charge is 0.215 e. The van der Waals surface area contributed by atoms with E-state index < -0.39 is 10.0 Å². The van der Waals surface area contributed by atoms with Gasteiger partial charge < -0.3 is 0 Å². The van der Waals surface area contributed by atoms with Gasteiger partial charge in [-0.25, -0.2) is 12.7 Å². The molecule has 1 saturated heterocycles. The number of hydrogen-bond acceptors (Lipinski definition) is 4. The van der Waals surface area contributed by atoms with E-state index in [1.54, 1.807) is 8.99 Å². The Bertz CT molecular complexity index is 722. The summed E-state index contributed by atoms with van der Waals surface area (Å²) in [5, 5.41) is 8.18. The van der Waals surface area contributed by atoms with Crippen LogP contribution in [0.15, 0.2) is 36.5 Å². The lowest BCUT2D eigenvalue weighted by atomic mass is 10.1. The molecule has 6 nitrogen and oxygen atoms in total. The summed E-state index contributed by atoms with van der Waals surface area (Å²) in [5.74, 6) is 0.0918. The van der Waals surface area contributed by atoms with Gasteiger partial charge in [-0.05, 0) is 31.2 Å². The number of hydrogen-bond donors (Lipinski definition) is 0. The van der Waals surface area contributed by atoms with Crippen LogP contribution in [-0.2, 0) is 29.4 Å². The van der Waals surface area contributed by atoms with Gasteiger partial charge in [0, 0.05) is 19.3 Å². The van der Waals surface area contributed by atoms with E-state index in [1.807, 2.05) is 24.4 Å². The molecule has 1 aliphatic rings. The molecule has 0 aliphatic carbocycles. The van der Waals surface area contributed by atoms with Crippen LogP contribution in [-0.4, -0.2) is 46.6 Å². The van der Waals surface area contributed by atoms with Crippen molar-refractivity contribution in [1.29, 1.82) is 0 Å². The Kier molecular flexibility index (Phi) is 5.07. The Morgan fingerprint density at radius 2 is 1.78 bits per heavy atom. The fraction of sp³-hybridized carbons (Fsp3) is 0.500. The molecular weight excluding hydrogens is 312 g/mol. The van der Waals surface area contributed by atoms with E-state index in [-0.39, 0.29) is 5.75 Å². The van der Waals surface area contributed by atoms with Crippen molar-refractivity contribution in [1.82, 2.24) is 19.3 Å². The minimum Gasteiger partial charge on any atom is -0.251 e. The van der Waals surface area contributed by atoms with E-state index in [0.29, 0.717) is 19.6 Å². The van der Waals surface area contributed by atoms with Crippen LogP contribution in [0.4, 0.5) is 0 Å². The first-order valence-corrected chi connectivity index (χ1v) is 9.65. The molecule has 124 valence electrons. The molecule has 0 atom stereocenters. The summed E-state index contributed by atoms with van der Waals surface area (Å²) in [4.78, 5) is 0. The van der Waals surface area contributed by atoms with E-state index in [2.05, 4.69) is 22.4 Å². The summed E-state index contributed by atoms with van der Waals surface area (Å²) in [6.07, 6.45) is 5.50. The van der Waals surface area contributed by atoms with Gasteiger partial charge in [0.15, 0.2) is 0 Å². The molecule has 0 spiro atoms. The maximum Gasteiger partial charge on any atom is 0.215 e. The van der Waals surface area contributed by atoms with E-state index in [0.717, 1.165) is 31.4 Å². The highest BCUT2D eigenvalue weighted by Gasteiger charge is 2.24. The Morgan fingerprint density at radius 1 is 1.04 bits per heavy atom. The minimum absolute atomic E-state index is 0.0918. The maximum atomic E-state index is 12.2. The first-order valence-electron chi connectivity index (χ1n) is 8.04. The molecule has 2 heterocycles. The molecule has 1 aromatic carbocycles. The minimum atomic E-state index is -3.16. The van der Waals surface area contributed by atoms with Crippen LogP contribution in [0.5, 0.6) is 0 Å². The maximum absolute atomic E-state index is 12.2. The monoisotopic (exact) mass is 334 g/mol. The summed E-state index contributed by atoms with van der Waals surface area (Å²) in [7, 11) is -3.16. The van der Waals surface area contributed by atoms with E-state index >= 15 is 0 Å². The fourth-order valence-electron chi connectivity index (χ4n) is 2.78. The summed E-state index contributed by atoms with van der Waals surface area (Å²) in [6.45, 7) is 1.67. The van der Waals surface area contributed by atoms with Crippen LogP contribution in [0.25, 0.3) is 0 Å². The van der Waals surface area contributed by atoms with Gasteiger partial charge in [-0.2, -0.15) is 0 Å². The van der Waals surface area contributed by atoms with Crippen molar-refractivity contribution in [3.8, 4) is 0 Å². The molecule has 1 aliphatic heterocycles. The van der Waals surface area contributed by atoms with Crippen LogP contribution in [0, 0.1) is 0 Å².